The zero-order valence-corrected chi connectivity index (χ0v) is 18.7. The summed E-state index contributed by atoms with van der Waals surface area (Å²) in [5.41, 5.74) is 3.93. The number of amides is 1. The van der Waals surface area contributed by atoms with Gasteiger partial charge in [-0.15, -0.1) is 0 Å². The minimum atomic E-state index is -0.672. The third-order valence-electron chi connectivity index (χ3n) is 5.60. The van der Waals surface area contributed by atoms with Crippen molar-refractivity contribution in [2.24, 2.45) is 11.1 Å². The summed E-state index contributed by atoms with van der Waals surface area (Å²) in [5, 5.41) is 3.89. The van der Waals surface area contributed by atoms with Gasteiger partial charge in [-0.2, -0.15) is 0 Å². The van der Waals surface area contributed by atoms with E-state index >= 15 is 0 Å². The van der Waals surface area contributed by atoms with Gasteiger partial charge in [0.1, 0.15) is 24.9 Å². The third kappa shape index (κ3) is 4.22. The van der Waals surface area contributed by atoms with Crippen LogP contribution in [-0.2, 0) is 29.1 Å². The molecule has 4 rings (SSSR count). The third-order valence-corrected chi connectivity index (χ3v) is 5.60. The number of anilines is 1. The lowest BCUT2D eigenvalue weighted by Crippen LogP contribution is -2.31. The molecule has 1 aliphatic heterocycles. The topological polar surface area (TPSA) is 72.6 Å². The van der Waals surface area contributed by atoms with Gasteiger partial charge in [0.05, 0.1) is 23.1 Å². The maximum Gasteiger partial charge on any atom is 0.282 e. The van der Waals surface area contributed by atoms with E-state index in [1.54, 1.807) is 23.2 Å². The molecule has 0 fully saturated rings. The average molecular weight is 438 g/mol. The molecule has 0 unspecified atom stereocenters. The van der Waals surface area contributed by atoms with Gasteiger partial charge < -0.3 is 9.40 Å². The maximum atomic E-state index is 13.2. The van der Waals surface area contributed by atoms with Crippen LogP contribution in [-0.4, -0.2) is 39.4 Å². The highest BCUT2D eigenvalue weighted by atomic mass is 19.1. The minimum absolute atomic E-state index is 0.139. The molecule has 0 spiro atoms. The van der Waals surface area contributed by atoms with E-state index in [2.05, 4.69) is 53.7 Å². The van der Waals surface area contributed by atoms with Gasteiger partial charge in [-0.25, -0.2) is 14.4 Å². The van der Waals surface area contributed by atoms with E-state index in [4.69, 9.17) is 9.82 Å². The number of hydrogen-bond acceptors (Lipinski definition) is 5. The Morgan fingerprint density at radius 1 is 1.25 bits per heavy atom. The largest absolute Gasteiger partial charge is 0.392 e. The number of oxime groups is 1. The lowest BCUT2D eigenvalue weighted by molar-refractivity contribution is -0.112. The van der Waals surface area contributed by atoms with Crippen LogP contribution in [0.2, 0.25) is 0 Å². The smallest absolute Gasteiger partial charge is 0.282 e. The van der Waals surface area contributed by atoms with Crippen molar-refractivity contribution < 1.29 is 14.0 Å². The molecule has 1 aromatic carbocycles. The van der Waals surface area contributed by atoms with Gasteiger partial charge in [0.15, 0.2) is 5.71 Å². The first-order valence-corrected chi connectivity index (χ1v) is 11.0. The Kier molecular flexibility index (Phi) is 6.48. The number of aryl methyl sites for hydroxylation is 2. The monoisotopic (exact) mass is 437 g/mol. The maximum absolute atomic E-state index is 13.2. The summed E-state index contributed by atoms with van der Waals surface area (Å²) in [7, 11) is 0. The molecular formula is C24H28FN5O2. The van der Waals surface area contributed by atoms with Crippen molar-refractivity contribution in [1.29, 1.82) is 0 Å². The molecule has 3 aromatic rings. The Balaban J connectivity index is 1.72. The van der Waals surface area contributed by atoms with Crippen LogP contribution < -0.4 is 4.90 Å². The van der Waals surface area contributed by atoms with Crippen LogP contribution in [0.3, 0.4) is 0 Å². The molecule has 8 heteroatoms. The van der Waals surface area contributed by atoms with E-state index in [9.17, 15) is 9.18 Å². The van der Waals surface area contributed by atoms with Gasteiger partial charge in [0, 0.05) is 12.7 Å². The zero-order valence-electron chi connectivity index (χ0n) is 18.7. The second-order valence-corrected chi connectivity index (χ2v) is 8.27. The van der Waals surface area contributed by atoms with Crippen molar-refractivity contribution in [3.8, 4) is 0 Å². The summed E-state index contributed by atoms with van der Waals surface area (Å²) in [6.07, 6.45) is 3.57. The van der Waals surface area contributed by atoms with Crippen molar-refractivity contribution >= 4 is 28.5 Å². The first-order chi connectivity index (χ1) is 15.5. The number of carbonyl (C=O) groups excluding carboxylic acids is 1. The fraction of sp³-hybridized carbons (Fsp3) is 0.417. The number of nitrogens with zero attached hydrogens (tertiary/aromatic N) is 5. The summed E-state index contributed by atoms with van der Waals surface area (Å²) in [6.45, 7) is 6.71. The van der Waals surface area contributed by atoms with E-state index in [1.165, 1.54) is 5.56 Å². The molecule has 0 saturated heterocycles. The van der Waals surface area contributed by atoms with Gasteiger partial charge in [-0.05, 0) is 48.6 Å². The lowest BCUT2D eigenvalue weighted by Gasteiger charge is -2.17. The molecule has 32 heavy (non-hydrogen) atoms. The van der Waals surface area contributed by atoms with E-state index < -0.39 is 6.67 Å². The average Bonchev–Trinajstić information content (AvgIpc) is 3.27. The highest BCUT2D eigenvalue weighted by Crippen LogP contribution is 2.29. The minimum Gasteiger partial charge on any atom is -0.392 e. The fourth-order valence-corrected chi connectivity index (χ4v) is 3.86. The van der Waals surface area contributed by atoms with Gasteiger partial charge in [0.2, 0.25) is 0 Å². The molecule has 0 radical (unpaired) electrons. The quantitative estimate of drug-likeness (QED) is 0.370. The first kappa shape index (κ1) is 21.9. The number of alkyl halides is 1. The Hall–Kier alpha value is -3.29. The van der Waals surface area contributed by atoms with Crippen LogP contribution in [0.15, 0.2) is 41.7 Å². The van der Waals surface area contributed by atoms with Gasteiger partial charge in [-0.3, -0.25) is 9.69 Å². The Labute approximate surface area is 186 Å². The van der Waals surface area contributed by atoms with E-state index in [0.717, 1.165) is 36.2 Å². The van der Waals surface area contributed by atoms with Gasteiger partial charge >= 0.3 is 0 Å². The van der Waals surface area contributed by atoms with Crippen LogP contribution >= 0.6 is 0 Å². The first-order valence-electron chi connectivity index (χ1n) is 11.0. The van der Waals surface area contributed by atoms with Gasteiger partial charge in [0.25, 0.3) is 5.91 Å². The molecule has 0 N–H and O–H groups in total. The number of rotatable bonds is 9. The lowest BCUT2D eigenvalue weighted by atomic mass is 10.1. The second kappa shape index (κ2) is 9.46. The molecule has 0 bridgehead atoms. The number of benzene rings is 1. The molecule has 2 aromatic heterocycles. The predicted molar refractivity (Wildman–Crippen MR) is 122 cm³/mol. The highest BCUT2D eigenvalue weighted by Gasteiger charge is 2.36. The standard InChI is InChI=1S/C24H28FN5O2/c1-4-17-7-8-20-19(14-17)27-21(29(20)12-9-16(2)3)15-30-23-18(6-5-11-26-23)22(24(30)31)28-32-13-10-25/h5-8,11,14,16H,4,9-10,12-13,15H2,1-3H3/b28-22-. The van der Waals surface area contributed by atoms with Gasteiger partial charge in [-0.1, -0.05) is 32.0 Å². The van der Waals surface area contributed by atoms with Crippen molar-refractivity contribution in [2.75, 3.05) is 18.2 Å². The summed E-state index contributed by atoms with van der Waals surface area (Å²) in [5.74, 6) is 1.52. The fourth-order valence-electron chi connectivity index (χ4n) is 3.86. The molecule has 0 atom stereocenters. The second-order valence-electron chi connectivity index (χ2n) is 8.27. The van der Waals surface area contributed by atoms with Crippen molar-refractivity contribution in [1.82, 2.24) is 14.5 Å². The molecule has 3 heterocycles. The molecule has 1 amide bonds. The summed E-state index contributed by atoms with van der Waals surface area (Å²) >= 11 is 0. The summed E-state index contributed by atoms with van der Waals surface area (Å²) < 4.78 is 14.6. The Bertz CT molecular complexity index is 1150. The number of fused-ring (bicyclic) bond motifs is 2. The highest BCUT2D eigenvalue weighted by molar-refractivity contribution is 6.53. The molecule has 0 saturated carbocycles. The normalized spacial score (nSPS) is 14.7. The zero-order chi connectivity index (χ0) is 22.7. The Morgan fingerprint density at radius 3 is 2.84 bits per heavy atom. The van der Waals surface area contributed by atoms with E-state index in [0.29, 0.717) is 17.3 Å². The van der Waals surface area contributed by atoms with Crippen molar-refractivity contribution in [3.63, 3.8) is 0 Å². The van der Waals surface area contributed by atoms with Crippen molar-refractivity contribution in [3.05, 3.63) is 53.5 Å². The molecule has 1 aliphatic rings. The number of aromatic nitrogens is 3. The summed E-state index contributed by atoms with van der Waals surface area (Å²) in [4.78, 5) is 29.0. The molecular weight excluding hydrogens is 409 g/mol. The predicted octanol–water partition coefficient (Wildman–Crippen LogP) is 4.28. The van der Waals surface area contributed by atoms with Crippen molar-refractivity contribution in [2.45, 2.75) is 46.7 Å². The van der Waals surface area contributed by atoms with Crippen LogP contribution in [0.25, 0.3) is 11.0 Å². The SMILES string of the molecule is CCc1ccc2c(c1)nc(CN1C(=O)/C(=N\OCCF)c3cccnc31)n2CCC(C)C. The van der Waals surface area contributed by atoms with Crippen LogP contribution in [0, 0.1) is 5.92 Å². The number of pyridine rings is 1. The molecule has 0 aliphatic carbocycles. The number of carbonyl (C=O) groups is 1. The van der Waals surface area contributed by atoms with Crippen LogP contribution in [0.4, 0.5) is 10.2 Å². The molecule has 168 valence electrons. The van der Waals surface area contributed by atoms with E-state index in [-0.39, 0.29) is 24.8 Å². The number of halogens is 1. The Morgan fingerprint density at radius 2 is 2.09 bits per heavy atom. The summed E-state index contributed by atoms with van der Waals surface area (Å²) in [6, 6.07) is 9.86. The van der Waals surface area contributed by atoms with Crippen LogP contribution in [0.5, 0.6) is 0 Å². The van der Waals surface area contributed by atoms with Crippen LogP contribution in [0.1, 0.15) is 44.1 Å². The molecule has 7 nitrogen and oxygen atoms in total. The van der Waals surface area contributed by atoms with E-state index in [1.807, 2.05) is 0 Å². The number of hydrogen-bond donors (Lipinski definition) is 0. The number of imidazole rings is 1.